The van der Waals surface area contributed by atoms with Crippen molar-refractivity contribution in [1.82, 2.24) is 29.1 Å². The number of aryl methyl sites for hydroxylation is 1. The molecule has 8 nitrogen and oxygen atoms in total. The van der Waals surface area contributed by atoms with E-state index in [-0.39, 0.29) is 18.0 Å². The van der Waals surface area contributed by atoms with Gasteiger partial charge in [-0.05, 0) is 12.0 Å². The maximum Gasteiger partial charge on any atom is 0.264 e. The molecule has 4 rings (SSSR count). The fraction of sp³-hybridized carbons (Fsp3) is 0.400. The Kier molecular flexibility index (Phi) is 5.21. The van der Waals surface area contributed by atoms with E-state index in [9.17, 15) is 9.59 Å². The van der Waals surface area contributed by atoms with Crippen LogP contribution in [0.15, 0.2) is 47.7 Å². The van der Waals surface area contributed by atoms with Gasteiger partial charge in [0.2, 0.25) is 5.91 Å². The third-order valence-corrected chi connectivity index (χ3v) is 5.31. The maximum absolute atomic E-state index is 12.6. The number of hydrogen-bond acceptors (Lipinski definition) is 5. The lowest BCUT2D eigenvalue weighted by Gasteiger charge is -2.34. The summed E-state index contributed by atoms with van der Waals surface area (Å²) in [6.45, 7) is 4.09. The highest BCUT2D eigenvalue weighted by molar-refractivity contribution is 5.77. The van der Waals surface area contributed by atoms with Crippen molar-refractivity contribution in [3.05, 3.63) is 58.8 Å². The number of fused-ring (bicyclic) bond motifs is 1. The summed E-state index contributed by atoms with van der Waals surface area (Å²) < 4.78 is 2.92. The van der Waals surface area contributed by atoms with Gasteiger partial charge >= 0.3 is 0 Å². The highest BCUT2D eigenvalue weighted by Crippen LogP contribution is 2.07. The highest BCUT2D eigenvalue weighted by Gasteiger charge is 2.21. The molecule has 0 N–H and O–H groups in total. The summed E-state index contributed by atoms with van der Waals surface area (Å²) in [7, 11) is 1.74. The van der Waals surface area contributed by atoms with Gasteiger partial charge in [-0.15, -0.1) is 0 Å². The Morgan fingerprint density at radius 1 is 1.11 bits per heavy atom. The molecule has 146 valence electrons. The van der Waals surface area contributed by atoms with Crippen LogP contribution in [-0.4, -0.2) is 67.8 Å². The second-order valence-corrected chi connectivity index (χ2v) is 7.14. The first-order valence-corrected chi connectivity index (χ1v) is 9.53. The van der Waals surface area contributed by atoms with Crippen molar-refractivity contribution >= 4 is 16.9 Å². The number of benzene rings is 1. The molecule has 3 aromatic rings. The van der Waals surface area contributed by atoms with E-state index in [0.29, 0.717) is 24.1 Å². The largest absolute Gasteiger partial charge is 0.339 e. The first-order chi connectivity index (χ1) is 13.6. The molecule has 1 saturated heterocycles. The molecular weight excluding hydrogens is 356 g/mol. The molecule has 0 aliphatic carbocycles. The van der Waals surface area contributed by atoms with Crippen LogP contribution in [-0.2, 0) is 24.8 Å². The van der Waals surface area contributed by atoms with Crippen molar-refractivity contribution in [2.45, 2.75) is 13.0 Å². The third kappa shape index (κ3) is 3.82. The van der Waals surface area contributed by atoms with Crippen molar-refractivity contribution < 1.29 is 4.79 Å². The van der Waals surface area contributed by atoms with Gasteiger partial charge in [-0.1, -0.05) is 30.3 Å². The van der Waals surface area contributed by atoms with Gasteiger partial charge in [-0.2, -0.15) is 5.10 Å². The van der Waals surface area contributed by atoms with Crippen molar-refractivity contribution in [2.24, 2.45) is 7.05 Å². The Labute approximate surface area is 163 Å². The van der Waals surface area contributed by atoms with Crippen LogP contribution >= 0.6 is 0 Å². The Morgan fingerprint density at radius 3 is 2.61 bits per heavy atom. The highest BCUT2D eigenvalue weighted by atomic mass is 16.2. The first kappa shape index (κ1) is 18.4. The van der Waals surface area contributed by atoms with Gasteiger partial charge in [0.05, 0.1) is 6.20 Å². The number of carbonyl (C=O) groups excluding carboxylic acids is 1. The zero-order chi connectivity index (χ0) is 19.5. The Morgan fingerprint density at radius 2 is 1.86 bits per heavy atom. The molecule has 3 heterocycles. The van der Waals surface area contributed by atoms with Gasteiger partial charge in [-0.3, -0.25) is 23.7 Å². The molecule has 0 saturated carbocycles. The topological polar surface area (TPSA) is 76.3 Å². The normalized spacial score (nSPS) is 15.2. The van der Waals surface area contributed by atoms with Gasteiger partial charge in [0.1, 0.15) is 18.3 Å². The first-order valence-electron chi connectivity index (χ1n) is 9.53. The molecule has 8 heteroatoms. The van der Waals surface area contributed by atoms with Crippen LogP contribution in [0.4, 0.5) is 0 Å². The number of carbonyl (C=O) groups is 1. The molecule has 1 amide bonds. The van der Waals surface area contributed by atoms with Crippen LogP contribution in [0.25, 0.3) is 11.0 Å². The third-order valence-electron chi connectivity index (χ3n) is 5.31. The average molecular weight is 380 g/mol. The molecule has 0 spiro atoms. The Hall–Kier alpha value is -3.00. The van der Waals surface area contributed by atoms with E-state index in [2.05, 4.69) is 39.2 Å². The Bertz CT molecular complexity index is 1020. The van der Waals surface area contributed by atoms with E-state index in [1.54, 1.807) is 11.7 Å². The van der Waals surface area contributed by atoms with E-state index >= 15 is 0 Å². The quantitative estimate of drug-likeness (QED) is 0.645. The SMILES string of the molecule is Cn1ncc2c(=O)n(CC(=O)N3CCN(CCc4ccccc4)CC3)cnc21. The summed E-state index contributed by atoms with van der Waals surface area (Å²) in [5, 5.41) is 4.49. The minimum absolute atomic E-state index is 0.0146. The van der Waals surface area contributed by atoms with Gasteiger partial charge in [0, 0.05) is 39.8 Å². The van der Waals surface area contributed by atoms with Crippen LogP contribution in [0.1, 0.15) is 5.56 Å². The standard InChI is InChI=1S/C20H24N6O2/c1-23-19-17(13-22-23)20(28)26(15-21-19)14-18(27)25-11-9-24(10-12-25)8-7-16-5-3-2-4-6-16/h2-6,13,15H,7-12,14H2,1H3. The number of hydrogen-bond donors (Lipinski definition) is 0. The lowest BCUT2D eigenvalue weighted by Crippen LogP contribution is -2.50. The molecule has 2 aromatic heterocycles. The monoisotopic (exact) mass is 380 g/mol. The van der Waals surface area contributed by atoms with Crippen LogP contribution in [0, 0.1) is 0 Å². The summed E-state index contributed by atoms with van der Waals surface area (Å²) in [5.74, 6) is -0.0464. The van der Waals surface area contributed by atoms with Crippen LogP contribution < -0.4 is 5.56 Å². The molecule has 1 aliphatic heterocycles. The number of amides is 1. The molecule has 28 heavy (non-hydrogen) atoms. The smallest absolute Gasteiger partial charge is 0.264 e. The number of rotatable bonds is 5. The van der Waals surface area contributed by atoms with E-state index in [4.69, 9.17) is 0 Å². The summed E-state index contributed by atoms with van der Waals surface area (Å²) in [6, 6.07) is 10.4. The molecule has 1 fully saturated rings. The average Bonchev–Trinajstić information content (AvgIpc) is 3.11. The predicted molar refractivity (Wildman–Crippen MR) is 106 cm³/mol. The lowest BCUT2D eigenvalue weighted by atomic mass is 10.1. The second-order valence-electron chi connectivity index (χ2n) is 7.14. The van der Waals surface area contributed by atoms with Crippen LogP contribution in [0.5, 0.6) is 0 Å². The molecular formula is C20H24N6O2. The molecule has 0 bridgehead atoms. The molecule has 0 radical (unpaired) electrons. The van der Waals surface area contributed by atoms with Crippen molar-refractivity contribution in [1.29, 1.82) is 0 Å². The maximum atomic E-state index is 12.6. The molecule has 0 unspecified atom stereocenters. The molecule has 1 aliphatic rings. The minimum Gasteiger partial charge on any atom is -0.339 e. The van der Waals surface area contributed by atoms with E-state index in [1.165, 1.54) is 22.7 Å². The summed E-state index contributed by atoms with van der Waals surface area (Å²) in [4.78, 5) is 33.6. The van der Waals surface area contributed by atoms with Gasteiger partial charge in [-0.25, -0.2) is 4.98 Å². The fourth-order valence-electron chi connectivity index (χ4n) is 3.58. The summed E-state index contributed by atoms with van der Waals surface area (Å²) >= 11 is 0. The molecule has 1 aromatic carbocycles. The van der Waals surface area contributed by atoms with E-state index in [0.717, 1.165) is 26.1 Å². The number of piperazine rings is 1. The van der Waals surface area contributed by atoms with E-state index < -0.39 is 0 Å². The van der Waals surface area contributed by atoms with Gasteiger partial charge < -0.3 is 4.90 Å². The second kappa shape index (κ2) is 7.93. The fourth-order valence-corrected chi connectivity index (χ4v) is 3.58. The zero-order valence-corrected chi connectivity index (χ0v) is 16.0. The minimum atomic E-state index is -0.229. The van der Waals surface area contributed by atoms with Gasteiger partial charge in [0.25, 0.3) is 5.56 Å². The van der Waals surface area contributed by atoms with Crippen LogP contribution in [0.2, 0.25) is 0 Å². The zero-order valence-electron chi connectivity index (χ0n) is 16.0. The van der Waals surface area contributed by atoms with Crippen molar-refractivity contribution in [3.8, 4) is 0 Å². The number of nitrogens with zero attached hydrogens (tertiary/aromatic N) is 6. The number of aromatic nitrogens is 4. The predicted octanol–water partition coefficient (Wildman–Crippen LogP) is 0.517. The summed E-state index contributed by atoms with van der Waals surface area (Å²) in [6.07, 6.45) is 3.94. The molecule has 0 atom stereocenters. The summed E-state index contributed by atoms with van der Waals surface area (Å²) in [5.41, 5.74) is 1.63. The van der Waals surface area contributed by atoms with Crippen LogP contribution in [0.3, 0.4) is 0 Å². The van der Waals surface area contributed by atoms with Crippen molar-refractivity contribution in [3.63, 3.8) is 0 Å². The van der Waals surface area contributed by atoms with Crippen molar-refractivity contribution in [2.75, 3.05) is 32.7 Å². The van der Waals surface area contributed by atoms with E-state index in [1.807, 2.05) is 11.0 Å². The lowest BCUT2D eigenvalue weighted by molar-refractivity contribution is -0.133. The van der Waals surface area contributed by atoms with Gasteiger partial charge in [0.15, 0.2) is 5.65 Å². The Balaban J connectivity index is 1.32.